The average Bonchev–Trinajstić information content (AvgIpc) is 2.79. The number of nitrogens with two attached hydrogens (primary N) is 2. The van der Waals surface area contributed by atoms with E-state index in [-0.39, 0.29) is 36.0 Å². The average molecular weight is 431 g/mol. The summed E-state index contributed by atoms with van der Waals surface area (Å²) in [5.74, 6) is 0.289. The zero-order valence-electron chi connectivity index (χ0n) is 17.3. The maximum atomic E-state index is 12.8. The fourth-order valence-electron chi connectivity index (χ4n) is 3.09. The highest BCUT2D eigenvalue weighted by Gasteiger charge is 2.16. The molecule has 0 aromatic heterocycles. The van der Waals surface area contributed by atoms with Crippen molar-refractivity contribution in [1.29, 1.82) is 10.8 Å². The lowest BCUT2D eigenvalue weighted by Crippen LogP contribution is -2.40. The second-order valence-electron chi connectivity index (χ2n) is 7.28. The quantitative estimate of drug-likeness (QED) is 0.226. The van der Waals surface area contributed by atoms with Crippen LogP contribution in [-0.2, 0) is 6.42 Å². The number of nitrogens with one attached hydrogen (secondary N) is 3. The third-order valence-electron chi connectivity index (χ3n) is 4.81. The van der Waals surface area contributed by atoms with Gasteiger partial charge in [0.2, 0.25) is 0 Å². The molecule has 3 rings (SSSR count). The molecule has 3 aromatic carbocycles. The summed E-state index contributed by atoms with van der Waals surface area (Å²) < 4.78 is 5.88. The minimum absolute atomic E-state index is 0.0570. The van der Waals surface area contributed by atoms with Gasteiger partial charge in [0.05, 0.1) is 6.04 Å². The number of benzene rings is 3. The molecule has 0 radical (unpaired) electrons. The van der Waals surface area contributed by atoms with Crippen LogP contribution >= 0.6 is 0 Å². The topological polar surface area (TPSA) is 158 Å². The van der Waals surface area contributed by atoms with Gasteiger partial charge in [-0.1, -0.05) is 36.4 Å². The summed E-state index contributed by atoms with van der Waals surface area (Å²) in [4.78, 5) is 12.8. The Balaban J connectivity index is 1.74. The van der Waals surface area contributed by atoms with Crippen molar-refractivity contribution >= 4 is 17.6 Å². The Morgan fingerprint density at radius 3 is 2.16 bits per heavy atom. The van der Waals surface area contributed by atoms with Gasteiger partial charge in [0.15, 0.2) is 0 Å². The number of ether oxygens (including phenoxy) is 1. The molecular formula is C24H25N5O3. The van der Waals surface area contributed by atoms with Crippen molar-refractivity contribution in [2.45, 2.75) is 12.5 Å². The number of rotatable bonds is 9. The summed E-state index contributed by atoms with van der Waals surface area (Å²) in [5, 5.41) is 27.5. The SMILES string of the molecule is N=C(N)c1ccc(C(=O)N[C@@H](COc2cccc(C(=N)N)c2)Cc2ccc(O)cc2)cc1. The summed E-state index contributed by atoms with van der Waals surface area (Å²) in [6.45, 7) is 0.180. The maximum Gasteiger partial charge on any atom is 0.251 e. The van der Waals surface area contributed by atoms with E-state index in [4.69, 9.17) is 27.0 Å². The van der Waals surface area contributed by atoms with Crippen molar-refractivity contribution in [3.8, 4) is 11.5 Å². The molecule has 0 heterocycles. The smallest absolute Gasteiger partial charge is 0.251 e. The molecule has 0 spiro atoms. The van der Waals surface area contributed by atoms with Crippen LogP contribution in [0.1, 0.15) is 27.0 Å². The first-order valence-corrected chi connectivity index (χ1v) is 9.92. The molecule has 3 aromatic rings. The van der Waals surface area contributed by atoms with Gasteiger partial charge in [0, 0.05) is 16.7 Å². The molecule has 32 heavy (non-hydrogen) atoms. The molecule has 164 valence electrons. The Labute approximate surface area is 185 Å². The molecule has 8 nitrogen and oxygen atoms in total. The van der Waals surface area contributed by atoms with Gasteiger partial charge in [-0.05, 0) is 48.4 Å². The van der Waals surface area contributed by atoms with Crippen molar-refractivity contribution in [1.82, 2.24) is 5.32 Å². The van der Waals surface area contributed by atoms with Gasteiger partial charge in [-0.15, -0.1) is 0 Å². The summed E-state index contributed by atoms with van der Waals surface area (Å²) in [7, 11) is 0. The monoisotopic (exact) mass is 431 g/mol. The van der Waals surface area contributed by atoms with Gasteiger partial charge in [-0.2, -0.15) is 0 Å². The molecule has 8 N–H and O–H groups in total. The van der Waals surface area contributed by atoms with Gasteiger partial charge >= 0.3 is 0 Å². The number of carbonyl (C=O) groups excluding carboxylic acids is 1. The number of carbonyl (C=O) groups is 1. The van der Waals surface area contributed by atoms with Crippen LogP contribution in [0.5, 0.6) is 11.5 Å². The Bertz CT molecular complexity index is 1110. The van der Waals surface area contributed by atoms with Crippen molar-refractivity contribution in [3.63, 3.8) is 0 Å². The summed E-state index contributed by atoms with van der Waals surface area (Å²) >= 11 is 0. The van der Waals surface area contributed by atoms with E-state index in [1.54, 1.807) is 72.8 Å². The number of amides is 1. The van der Waals surface area contributed by atoms with Gasteiger partial charge in [-0.25, -0.2) is 0 Å². The van der Waals surface area contributed by atoms with E-state index in [0.29, 0.717) is 28.9 Å². The Kier molecular flexibility index (Phi) is 7.07. The number of phenols is 1. The number of hydrogen-bond acceptors (Lipinski definition) is 5. The predicted octanol–water partition coefficient (Wildman–Crippen LogP) is 2.38. The molecule has 0 bridgehead atoms. The van der Waals surface area contributed by atoms with Gasteiger partial charge in [-0.3, -0.25) is 15.6 Å². The van der Waals surface area contributed by atoms with Crippen molar-refractivity contribution in [3.05, 3.63) is 95.1 Å². The summed E-state index contributed by atoms with van der Waals surface area (Å²) in [6, 6.07) is 19.7. The van der Waals surface area contributed by atoms with Crippen LogP contribution in [0.4, 0.5) is 0 Å². The largest absolute Gasteiger partial charge is 0.508 e. The van der Waals surface area contributed by atoms with E-state index in [0.717, 1.165) is 5.56 Å². The van der Waals surface area contributed by atoms with Crippen LogP contribution in [0, 0.1) is 10.8 Å². The predicted molar refractivity (Wildman–Crippen MR) is 123 cm³/mol. The zero-order chi connectivity index (χ0) is 23.1. The Hall–Kier alpha value is -4.33. The number of hydrogen-bond donors (Lipinski definition) is 6. The maximum absolute atomic E-state index is 12.8. The fourth-order valence-corrected chi connectivity index (χ4v) is 3.09. The number of amidine groups is 2. The van der Waals surface area contributed by atoms with Gasteiger partial charge in [0.25, 0.3) is 5.91 Å². The number of phenolic OH excluding ortho intramolecular Hbond substituents is 1. The van der Waals surface area contributed by atoms with E-state index < -0.39 is 0 Å². The lowest BCUT2D eigenvalue weighted by atomic mass is 10.0. The van der Waals surface area contributed by atoms with Crippen molar-refractivity contribution in [2.75, 3.05) is 6.61 Å². The third-order valence-corrected chi connectivity index (χ3v) is 4.81. The zero-order valence-corrected chi connectivity index (χ0v) is 17.3. The molecule has 0 aliphatic heterocycles. The van der Waals surface area contributed by atoms with Crippen LogP contribution in [0.25, 0.3) is 0 Å². The molecule has 1 atom stereocenters. The number of aromatic hydroxyl groups is 1. The van der Waals surface area contributed by atoms with Crippen molar-refractivity contribution in [2.24, 2.45) is 11.5 Å². The molecule has 8 heteroatoms. The highest BCUT2D eigenvalue weighted by molar-refractivity contribution is 5.98. The fraction of sp³-hybridized carbons (Fsp3) is 0.125. The normalized spacial score (nSPS) is 11.4. The van der Waals surface area contributed by atoms with Crippen LogP contribution < -0.4 is 21.5 Å². The highest BCUT2D eigenvalue weighted by atomic mass is 16.5. The molecule has 0 fully saturated rings. The first-order chi connectivity index (χ1) is 15.3. The lowest BCUT2D eigenvalue weighted by molar-refractivity contribution is 0.0921. The summed E-state index contributed by atoms with van der Waals surface area (Å²) in [5.41, 5.74) is 13.4. The minimum atomic E-state index is -0.375. The Morgan fingerprint density at radius 1 is 0.906 bits per heavy atom. The van der Waals surface area contributed by atoms with Gasteiger partial charge in [0.1, 0.15) is 29.8 Å². The summed E-state index contributed by atoms with van der Waals surface area (Å²) in [6.07, 6.45) is 0.476. The first-order valence-electron chi connectivity index (χ1n) is 9.92. The molecule has 0 unspecified atom stereocenters. The molecule has 1 amide bonds. The van der Waals surface area contributed by atoms with E-state index in [1.807, 2.05) is 0 Å². The molecule has 0 aliphatic carbocycles. The second kappa shape index (κ2) is 10.1. The standard InChI is InChI=1S/C24H25N5O3/c25-22(26)16-6-8-17(9-7-16)24(31)29-19(12-15-4-10-20(30)11-5-15)14-32-21-3-1-2-18(13-21)23(27)28/h1-11,13,19,30H,12,14H2,(H3,25,26)(H3,27,28)(H,29,31)/t19-/m1/s1. The van der Waals surface area contributed by atoms with Crippen LogP contribution in [0.15, 0.2) is 72.8 Å². The van der Waals surface area contributed by atoms with Crippen LogP contribution in [0.3, 0.4) is 0 Å². The van der Waals surface area contributed by atoms with Crippen LogP contribution in [0.2, 0.25) is 0 Å². The molecular weight excluding hydrogens is 406 g/mol. The molecule has 0 aliphatic rings. The highest BCUT2D eigenvalue weighted by Crippen LogP contribution is 2.16. The number of nitrogen functional groups attached to an aromatic ring is 2. The van der Waals surface area contributed by atoms with E-state index in [2.05, 4.69) is 5.32 Å². The first kappa shape index (κ1) is 22.4. The van der Waals surface area contributed by atoms with E-state index >= 15 is 0 Å². The van der Waals surface area contributed by atoms with Crippen molar-refractivity contribution < 1.29 is 14.6 Å². The molecule has 0 saturated heterocycles. The second-order valence-corrected chi connectivity index (χ2v) is 7.28. The third kappa shape index (κ3) is 6.09. The lowest BCUT2D eigenvalue weighted by Gasteiger charge is -2.20. The minimum Gasteiger partial charge on any atom is -0.508 e. The van der Waals surface area contributed by atoms with E-state index in [1.165, 1.54) is 0 Å². The van der Waals surface area contributed by atoms with Crippen LogP contribution in [-0.4, -0.2) is 35.3 Å². The van der Waals surface area contributed by atoms with Gasteiger partial charge < -0.3 is 26.6 Å². The van der Waals surface area contributed by atoms with E-state index in [9.17, 15) is 9.90 Å². The molecule has 0 saturated carbocycles. The Morgan fingerprint density at radius 2 is 1.53 bits per heavy atom.